The quantitative estimate of drug-likeness (QED) is 0.399. The van der Waals surface area contributed by atoms with Gasteiger partial charge in [0.1, 0.15) is 10.7 Å². The summed E-state index contributed by atoms with van der Waals surface area (Å²) in [5.41, 5.74) is 3.15. The van der Waals surface area contributed by atoms with Crippen molar-refractivity contribution in [3.8, 4) is 21.6 Å². The standard InChI is InChI=1S/C22H18F4S/c23-19-13-17(16-7-5-15(6-8-16)14-3-1-2-4-14)9-10-18(19)20-11-12-21(27-20)22(24,25)26/h5-14H,1-4H2. The van der Waals surface area contributed by atoms with Gasteiger partial charge in [0, 0.05) is 10.4 Å². The van der Waals surface area contributed by atoms with Crippen molar-refractivity contribution in [1.82, 2.24) is 0 Å². The van der Waals surface area contributed by atoms with E-state index >= 15 is 0 Å². The summed E-state index contributed by atoms with van der Waals surface area (Å²) in [4.78, 5) is -0.438. The highest BCUT2D eigenvalue weighted by Gasteiger charge is 2.32. The Kier molecular flexibility index (Phi) is 4.81. The number of alkyl halides is 3. The van der Waals surface area contributed by atoms with Crippen molar-refractivity contribution >= 4 is 11.3 Å². The van der Waals surface area contributed by atoms with Crippen molar-refractivity contribution < 1.29 is 17.6 Å². The molecule has 0 spiro atoms. The SMILES string of the molecule is Fc1cc(-c2ccc(C3CCCC3)cc2)ccc1-c1ccc(C(F)(F)F)s1. The van der Waals surface area contributed by atoms with Gasteiger partial charge in [0.2, 0.25) is 0 Å². The molecule has 1 aromatic heterocycles. The van der Waals surface area contributed by atoms with Gasteiger partial charge in [-0.15, -0.1) is 11.3 Å². The third-order valence-corrected chi connectivity index (χ3v) is 6.35. The van der Waals surface area contributed by atoms with Crippen LogP contribution in [0.15, 0.2) is 54.6 Å². The van der Waals surface area contributed by atoms with Crippen LogP contribution < -0.4 is 0 Å². The summed E-state index contributed by atoms with van der Waals surface area (Å²) in [6.07, 6.45) is 0.600. The first-order chi connectivity index (χ1) is 12.9. The van der Waals surface area contributed by atoms with E-state index in [0.717, 1.165) is 17.2 Å². The molecule has 1 heterocycles. The summed E-state index contributed by atoms with van der Waals surface area (Å²) in [7, 11) is 0. The second-order valence-corrected chi connectivity index (χ2v) is 8.04. The van der Waals surface area contributed by atoms with E-state index in [-0.39, 0.29) is 10.4 Å². The molecular weight excluding hydrogens is 372 g/mol. The molecule has 0 saturated heterocycles. The zero-order chi connectivity index (χ0) is 19.0. The molecule has 0 amide bonds. The Labute approximate surface area is 159 Å². The van der Waals surface area contributed by atoms with Crippen LogP contribution in [0.5, 0.6) is 0 Å². The molecule has 27 heavy (non-hydrogen) atoms. The largest absolute Gasteiger partial charge is 0.425 e. The van der Waals surface area contributed by atoms with Crippen LogP contribution in [-0.2, 0) is 6.18 Å². The fraction of sp³-hybridized carbons (Fsp3) is 0.273. The average Bonchev–Trinajstić information content (AvgIpc) is 3.33. The lowest BCUT2D eigenvalue weighted by Gasteiger charge is -2.11. The van der Waals surface area contributed by atoms with Crippen molar-refractivity contribution in [3.05, 3.63) is 70.9 Å². The van der Waals surface area contributed by atoms with E-state index in [2.05, 4.69) is 12.1 Å². The molecule has 5 heteroatoms. The van der Waals surface area contributed by atoms with Crippen LogP contribution in [-0.4, -0.2) is 0 Å². The Morgan fingerprint density at radius 2 is 1.48 bits per heavy atom. The number of hydrogen-bond donors (Lipinski definition) is 0. The highest BCUT2D eigenvalue weighted by Crippen LogP contribution is 2.40. The maximum atomic E-state index is 14.6. The molecule has 140 valence electrons. The van der Waals surface area contributed by atoms with Gasteiger partial charge in [-0.3, -0.25) is 0 Å². The topological polar surface area (TPSA) is 0 Å². The molecule has 0 aliphatic heterocycles. The second-order valence-electron chi connectivity index (χ2n) is 6.96. The van der Waals surface area contributed by atoms with Gasteiger partial charge in [0.25, 0.3) is 0 Å². The molecule has 0 N–H and O–H groups in total. The molecule has 0 atom stereocenters. The second kappa shape index (κ2) is 7.12. The van der Waals surface area contributed by atoms with Gasteiger partial charge in [-0.05, 0) is 59.7 Å². The lowest BCUT2D eigenvalue weighted by molar-refractivity contribution is -0.134. The van der Waals surface area contributed by atoms with Gasteiger partial charge in [-0.25, -0.2) is 4.39 Å². The lowest BCUT2D eigenvalue weighted by Crippen LogP contribution is -2.00. The minimum Gasteiger partial charge on any atom is -0.206 e. The minimum atomic E-state index is -4.40. The molecule has 0 nitrogen and oxygen atoms in total. The predicted octanol–water partition coefficient (Wildman–Crippen LogP) is 7.90. The fourth-order valence-corrected chi connectivity index (χ4v) is 4.64. The van der Waals surface area contributed by atoms with Gasteiger partial charge in [-0.1, -0.05) is 43.2 Å². The minimum absolute atomic E-state index is 0.196. The predicted molar refractivity (Wildman–Crippen MR) is 101 cm³/mol. The van der Waals surface area contributed by atoms with Crippen molar-refractivity contribution in [3.63, 3.8) is 0 Å². The Balaban J connectivity index is 1.59. The molecule has 0 radical (unpaired) electrons. The van der Waals surface area contributed by atoms with Gasteiger partial charge in [0.05, 0.1) is 0 Å². The first kappa shape index (κ1) is 18.2. The monoisotopic (exact) mass is 390 g/mol. The van der Waals surface area contributed by atoms with E-state index in [9.17, 15) is 17.6 Å². The zero-order valence-corrected chi connectivity index (χ0v) is 15.3. The summed E-state index contributed by atoms with van der Waals surface area (Å²) >= 11 is 0.560. The first-order valence-electron chi connectivity index (χ1n) is 8.99. The normalized spacial score (nSPS) is 15.4. The molecule has 4 rings (SSSR count). The van der Waals surface area contributed by atoms with Gasteiger partial charge in [-0.2, -0.15) is 13.2 Å². The van der Waals surface area contributed by atoms with Crippen molar-refractivity contribution in [1.29, 1.82) is 0 Å². The number of benzene rings is 2. The third kappa shape index (κ3) is 3.79. The van der Waals surface area contributed by atoms with Crippen molar-refractivity contribution in [2.45, 2.75) is 37.8 Å². The average molecular weight is 390 g/mol. The Morgan fingerprint density at radius 3 is 2.07 bits per heavy atom. The first-order valence-corrected chi connectivity index (χ1v) is 9.81. The van der Waals surface area contributed by atoms with Crippen LogP contribution in [0.2, 0.25) is 0 Å². The zero-order valence-electron chi connectivity index (χ0n) is 14.5. The summed E-state index contributed by atoms with van der Waals surface area (Å²) in [5, 5.41) is 0. The third-order valence-electron chi connectivity index (χ3n) is 5.19. The van der Waals surface area contributed by atoms with E-state index in [1.807, 2.05) is 12.1 Å². The molecule has 2 aromatic carbocycles. The maximum Gasteiger partial charge on any atom is 0.425 e. The molecule has 1 aliphatic carbocycles. The van der Waals surface area contributed by atoms with Crippen LogP contribution in [0.3, 0.4) is 0 Å². The summed E-state index contributed by atoms with van der Waals surface area (Å²) in [5.74, 6) is 0.114. The smallest absolute Gasteiger partial charge is 0.206 e. The summed E-state index contributed by atoms with van der Waals surface area (Å²) in [6.45, 7) is 0. The van der Waals surface area contributed by atoms with Crippen LogP contribution >= 0.6 is 11.3 Å². The molecular formula is C22H18F4S. The molecule has 0 unspecified atom stereocenters. The van der Waals surface area contributed by atoms with Gasteiger partial charge in [0.15, 0.2) is 0 Å². The van der Waals surface area contributed by atoms with Crippen molar-refractivity contribution in [2.24, 2.45) is 0 Å². The highest BCUT2D eigenvalue weighted by atomic mass is 32.1. The molecule has 1 saturated carbocycles. The van der Waals surface area contributed by atoms with Crippen LogP contribution in [0.1, 0.15) is 42.0 Å². The van der Waals surface area contributed by atoms with Crippen LogP contribution in [0, 0.1) is 5.82 Å². The Bertz CT molecular complexity index is 932. The van der Waals surface area contributed by atoms with E-state index < -0.39 is 16.9 Å². The fourth-order valence-electron chi connectivity index (χ4n) is 3.74. The lowest BCUT2D eigenvalue weighted by atomic mass is 9.95. The van der Waals surface area contributed by atoms with E-state index in [1.165, 1.54) is 43.4 Å². The van der Waals surface area contributed by atoms with E-state index in [0.29, 0.717) is 17.3 Å². The molecule has 1 fully saturated rings. The molecule has 1 aliphatic rings. The number of thiophene rings is 1. The maximum absolute atomic E-state index is 14.6. The Morgan fingerprint density at radius 1 is 0.815 bits per heavy atom. The number of halogens is 4. The number of rotatable bonds is 3. The number of hydrogen-bond acceptors (Lipinski definition) is 1. The van der Waals surface area contributed by atoms with Crippen LogP contribution in [0.25, 0.3) is 21.6 Å². The van der Waals surface area contributed by atoms with Gasteiger partial charge >= 0.3 is 6.18 Å². The van der Waals surface area contributed by atoms with E-state index in [1.54, 1.807) is 12.1 Å². The van der Waals surface area contributed by atoms with Crippen molar-refractivity contribution in [2.75, 3.05) is 0 Å². The highest BCUT2D eigenvalue weighted by molar-refractivity contribution is 7.15. The Hall–Kier alpha value is -2.14. The van der Waals surface area contributed by atoms with Crippen LogP contribution in [0.4, 0.5) is 17.6 Å². The molecule has 3 aromatic rings. The molecule has 0 bridgehead atoms. The van der Waals surface area contributed by atoms with E-state index in [4.69, 9.17) is 0 Å². The summed E-state index contributed by atoms with van der Waals surface area (Å²) in [6, 6.07) is 15.2. The van der Waals surface area contributed by atoms with Gasteiger partial charge < -0.3 is 0 Å². The summed E-state index contributed by atoms with van der Waals surface area (Å²) < 4.78 is 52.9.